The van der Waals surface area contributed by atoms with Gasteiger partial charge in [-0.25, -0.2) is 0 Å². The summed E-state index contributed by atoms with van der Waals surface area (Å²) in [6, 6.07) is 19.0. The van der Waals surface area contributed by atoms with Crippen LogP contribution >= 0.6 is 11.6 Å². The third kappa shape index (κ3) is 4.59. The molecule has 2 N–H and O–H groups in total. The first kappa shape index (κ1) is 19.2. The molecule has 5 heteroatoms. The number of hydrogen-bond donors (Lipinski definition) is 2. The normalized spacial score (nSPS) is 12.0. The van der Waals surface area contributed by atoms with Crippen LogP contribution in [0.25, 0.3) is 0 Å². The van der Waals surface area contributed by atoms with Crippen molar-refractivity contribution in [3.63, 3.8) is 0 Å². The first-order valence-corrected chi connectivity index (χ1v) is 9.26. The lowest BCUT2D eigenvalue weighted by molar-refractivity contribution is 0.0915. The lowest BCUT2D eigenvalue weighted by Gasteiger charge is -2.13. The number of aliphatic hydroxyl groups excluding tert-OH is 1. The van der Waals surface area contributed by atoms with Crippen LogP contribution in [0, 0.1) is 13.8 Å². The van der Waals surface area contributed by atoms with Crippen LogP contribution in [0.1, 0.15) is 39.0 Å². The Hall–Kier alpha value is -2.56. The Morgan fingerprint density at radius 1 is 1.11 bits per heavy atom. The van der Waals surface area contributed by atoms with Crippen molar-refractivity contribution in [2.24, 2.45) is 0 Å². The SMILES string of the molecule is Cc1cc(C(=O)NCC(O)c2ccc(Cl)cc2)c(C)n1Cc1ccccc1. The molecule has 0 aliphatic carbocycles. The second-order valence-electron chi connectivity index (χ2n) is 6.63. The number of carbonyl (C=O) groups excluding carboxylic acids is 1. The molecule has 0 saturated heterocycles. The fourth-order valence-electron chi connectivity index (χ4n) is 3.13. The number of aryl methyl sites for hydroxylation is 1. The van der Waals surface area contributed by atoms with E-state index in [4.69, 9.17) is 11.6 Å². The van der Waals surface area contributed by atoms with E-state index in [0.717, 1.165) is 17.9 Å². The molecule has 0 saturated carbocycles. The van der Waals surface area contributed by atoms with E-state index < -0.39 is 6.10 Å². The van der Waals surface area contributed by atoms with Crippen LogP contribution < -0.4 is 5.32 Å². The van der Waals surface area contributed by atoms with Gasteiger partial charge in [0, 0.05) is 29.5 Å². The van der Waals surface area contributed by atoms with Gasteiger partial charge in [0.2, 0.25) is 0 Å². The van der Waals surface area contributed by atoms with E-state index in [9.17, 15) is 9.90 Å². The molecule has 0 radical (unpaired) electrons. The molecule has 0 bridgehead atoms. The number of benzene rings is 2. The third-order valence-electron chi connectivity index (χ3n) is 4.71. The highest BCUT2D eigenvalue weighted by Crippen LogP contribution is 2.19. The van der Waals surface area contributed by atoms with Gasteiger partial charge in [0.15, 0.2) is 0 Å². The summed E-state index contributed by atoms with van der Waals surface area (Å²) >= 11 is 5.86. The molecule has 3 rings (SSSR count). The van der Waals surface area contributed by atoms with Crippen LogP contribution in [0.2, 0.25) is 5.02 Å². The molecule has 1 amide bonds. The van der Waals surface area contributed by atoms with Crippen molar-refractivity contribution in [2.75, 3.05) is 6.54 Å². The summed E-state index contributed by atoms with van der Waals surface area (Å²) in [6.45, 7) is 4.80. The van der Waals surface area contributed by atoms with Crippen LogP contribution in [0.15, 0.2) is 60.7 Å². The van der Waals surface area contributed by atoms with Crippen molar-refractivity contribution in [2.45, 2.75) is 26.5 Å². The number of aliphatic hydroxyl groups is 1. The molecular weight excluding hydrogens is 360 g/mol. The Morgan fingerprint density at radius 3 is 2.44 bits per heavy atom. The lowest BCUT2D eigenvalue weighted by atomic mass is 10.1. The molecule has 1 unspecified atom stereocenters. The van der Waals surface area contributed by atoms with E-state index in [-0.39, 0.29) is 12.5 Å². The number of aromatic nitrogens is 1. The van der Waals surface area contributed by atoms with Gasteiger partial charge in [-0.1, -0.05) is 54.1 Å². The number of amides is 1. The average molecular weight is 383 g/mol. The van der Waals surface area contributed by atoms with Crippen molar-refractivity contribution < 1.29 is 9.90 Å². The molecule has 1 heterocycles. The molecule has 2 aromatic carbocycles. The summed E-state index contributed by atoms with van der Waals surface area (Å²) in [5.74, 6) is -0.185. The average Bonchev–Trinajstić information content (AvgIpc) is 2.95. The fraction of sp³-hybridized carbons (Fsp3) is 0.227. The zero-order valence-electron chi connectivity index (χ0n) is 15.4. The zero-order valence-corrected chi connectivity index (χ0v) is 16.2. The van der Waals surface area contributed by atoms with Gasteiger partial charge < -0.3 is 15.0 Å². The number of halogens is 1. The van der Waals surface area contributed by atoms with E-state index in [1.54, 1.807) is 24.3 Å². The molecule has 27 heavy (non-hydrogen) atoms. The predicted molar refractivity (Wildman–Crippen MR) is 108 cm³/mol. The predicted octanol–water partition coefficient (Wildman–Crippen LogP) is 4.27. The van der Waals surface area contributed by atoms with E-state index >= 15 is 0 Å². The Labute approximate surface area is 164 Å². The van der Waals surface area contributed by atoms with Crippen molar-refractivity contribution in [3.05, 3.63) is 93.8 Å². The van der Waals surface area contributed by atoms with Crippen molar-refractivity contribution in [3.8, 4) is 0 Å². The minimum absolute atomic E-state index is 0.142. The molecular formula is C22H23ClN2O2. The molecule has 140 valence electrons. The fourth-order valence-corrected chi connectivity index (χ4v) is 3.25. The highest BCUT2D eigenvalue weighted by atomic mass is 35.5. The summed E-state index contributed by atoms with van der Waals surface area (Å²) in [7, 11) is 0. The Balaban J connectivity index is 1.68. The van der Waals surface area contributed by atoms with E-state index in [1.807, 2.05) is 38.1 Å². The summed E-state index contributed by atoms with van der Waals surface area (Å²) in [6.07, 6.45) is -0.779. The molecule has 1 aromatic heterocycles. The van der Waals surface area contributed by atoms with Gasteiger partial charge in [-0.15, -0.1) is 0 Å². The Bertz CT molecular complexity index is 917. The molecule has 0 aliphatic heterocycles. The van der Waals surface area contributed by atoms with Gasteiger partial charge >= 0.3 is 0 Å². The highest BCUT2D eigenvalue weighted by Gasteiger charge is 2.17. The summed E-state index contributed by atoms with van der Waals surface area (Å²) < 4.78 is 2.12. The Morgan fingerprint density at radius 2 is 1.78 bits per heavy atom. The minimum atomic E-state index is -0.779. The van der Waals surface area contributed by atoms with Gasteiger partial charge in [-0.3, -0.25) is 4.79 Å². The zero-order chi connectivity index (χ0) is 19.4. The standard InChI is InChI=1S/C22H23ClN2O2/c1-15-12-20(16(2)25(15)14-17-6-4-3-5-7-17)22(27)24-13-21(26)18-8-10-19(23)11-9-18/h3-12,21,26H,13-14H2,1-2H3,(H,24,27). The topological polar surface area (TPSA) is 54.3 Å². The van der Waals surface area contributed by atoms with E-state index in [1.165, 1.54) is 5.56 Å². The number of carbonyl (C=O) groups is 1. The number of hydrogen-bond acceptors (Lipinski definition) is 2. The minimum Gasteiger partial charge on any atom is -0.387 e. The van der Waals surface area contributed by atoms with E-state index in [2.05, 4.69) is 22.0 Å². The summed E-state index contributed by atoms with van der Waals surface area (Å²) in [4.78, 5) is 12.6. The van der Waals surface area contributed by atoms with Gasteiger partial charge in [0.25, 0.3) is 5.91 Å². The largest absolute Gasteiger partial charge is 0.387 e. The maximum Gasteiger partial charge on any atom is 0.253 e. The van der Waals surface area contributed by atoms with Crippen LogP contribution in [-0.2, 0) is 6.54 Å². The monoisotopic (exact) mass is 382 g/mol. The van der Waals surface area contributed by atoms with Crippen LogP contribution in [-0.4, -0.2) is 22.1 Å². The highest BCUT2D eigenvalue weighted by molar-refractivity contribution is 6.30. The lowest BCUT2D eigenvalue weighted by Crippen LogP contribution is -2.28. The van der Waals surface area contributed by atoms with Crippen molar-refractivity contribution >= 4 is 17.5 Å². The quantitative estimate of drug-likeness (QED) is 0.668. The van der Waals surface area contributed by atoms with Crippen molar-refractivity contribution in [1.82, 2.24) is 9.88 Å². The van der Waals surface area contributed by atoms with Crippen LogP contribution in [0.5, 0.6) is 0 Å². The van der Waals surface area contributed by atoms with Gasteiger partial charge in [-0.2, -0.15) is 0 Å². The first-order valence-electron chi connectivity index (χ1n) is 8.88. The number of rotatable bonds is 6. The van der Waals surface area contributed by atoms with E-state index in [0.29, 0.717) is 16.1 Å². The molecule has 4 nitrogen and oxygen atoms in total. The molecule has 1 atom stereocenters. The smallest absolute Gasteiger partial charge is 0.253 e. The second kappa shape index (κ2) is 8.42. The Kier molecular flexibility index (Phi) is 5.99. The van der Waals surface area contributed by atoms with Gasteiger partial charge in [0.05, 0.1) is 11.7 Å². The number of nitrogens with one attached hydrogen (secondary N) is 1. The summed E-state index contributed by atoms with van der Waals surface area (Å²) in [5.41, 5.74) is 4.47. The molecule has 3 aromatic rings. The second-order valence-corrected chi connectivity index (χ2v) is 7.07. The van der Waals surface area contributed by atoms with Crippen LogP contribution in [0.4, 0.5) is 0 Å². The van der Waals surface area contributed by atoms with Gasteiger partial charge in [-0.05, 0) is 43.2 Å². The maximum absolute atomic E-state index is 12.6. The molecule has 0 spiro atoms. The summed E-state index contributed by atoms with van der Waals surface area (Å²) in [5, 5.41) is 13.7. The molecule has 0 aliphatic rings. The first-order chi connectivity index (χ1) is 13.0. The number of nitrogens with zero attached hydrogens (tertiary/aromatic N) is 1. The van der Waals surface area contributed by atoms with Crippen molar-refractivity contribution in [1.29, 1.82) is 0 Å². The third-order valence-corrected chi connectivity index (χ3v) is 4.96. The maximum atomic E-state index is 12.6. The van der Waals surface area contributed by atoms with Crippen LogP contribution in [0.3, 0.4) is 0 Å². The van der Waals surface area contributed by atoms with Gasteiger partial charge in [0.1, 0.15) is 0 Å². The molecule has 0 fully saturated rings.